The highest BCUT2D eigenvalue weighted by atomic mass is 16.5. The Balaban J connectivity index is 2.05. The minimum Gasteiger partial charge on any atom is -0.384 e. The summed E-state index contributed by atoms with van der Waals surface area (Å²) in [6.45, 7) is 8.26. The maximum Gasteiger partial charge on any atom is 0.255 e. The Morgan fingerprint density at radius 2 is 2.18 bits per heavy atom. The van der Waals surface area contributed by atoms with E-state index in [2.05, 4.69) is 28.9 Å². The van der Waals surface area contributed by atoms with Gasteiger partial charge in [-0.05, 0) is 20.8 Å². The van der Waals surface area contributed by atoms with Gasteiger partial charge in [-0.2, -0.15) is 4.98 Å². The van der Waals surface area contributed by atoms with E-state index in [0.717, 1.165) is 13.1 Å². The molecule has 0 spiro atoms. The standard InChI is InChI=1S/C11H19N3O3/c1-7(2)14-4-5-16-9(6-14)10-12-11(8(3)15)17-13-10/h7-9,15H,4-6H2,1-3H3/t8-,9?/m0/s1. The maximum atomic E-state index is 9.33. The zero-order chi connectivity index (χ0) is 12.4. The Kier molecular flexibility index (Phi) is 3.76. The maximum absolute atomic E-state index is 9.33. The van der Waals surface area contributed by atoms with Crippen LogP contribution in [-0.2, 0) is 4.74 Å². The van der Waals surface area contributed by atoms with Crippen molar-refractivity contribution in [3.63, 3.8) is 0 Å². The molecule has 1 saturated heterocycles. The van der Waals surface area contributed by atoms with Crippen LogP contribution in [0.4, 0.5) is 0 Å². The fraction of sp³-hybridized carbons (Fsp3) is 0.818. The molecule has 1 aliphatic heterocycles. The summed E-state index contributed by atoms with van der Waals surface area (Å²) in [5.74, 6) is 0.761. The van der Waals surface area contributed by atoms with Gasteiger partial charge in [0.1, 0.15) is 12.2 Å². The molecule has 1 aromatic heterocycles. The van der Waals surface area contributed by atoms with Crippen molar-refractivity contribution in [3.8, 4) is 0 Å². The van der Waals surface area contributed by atoms with E-state index in [1.54, 1.807) is 6.92 Å². The number of hydrogen-bond donors (Lipinski definition) is 1. The SMILES string of the molecule is CC(C)N1CCOC(c2noc([C@H](C)O)n2)C1. The number of ether oxygens (including phenoxy) is 1. The Bertz CT molecular complexity index is 365. The second kappa shape index (κ2) is 5.12. The van der Waals surface area contributed by atoms with Gasteiger partial charge in [-0.1, -0.05) is 5.16 Å². The van der Waals surface area contributed by atoms with Gasteiger partial charge in [0, 0.05) is 19.1 Å². The van der Waals surface area contributed by atoms with Crippen molar-refractivity contribution in [2.24, 2.45) is 0 Å². The molecule has 2 heterocycles. The molecule has 6 heteroatoms. The summed E-state index contributed by atoms with van der Waals surface area (Å²) in [4.78, 5) is 6.46. The molecule has 96 valence electrons. The van der Waals surface area contributed by atoms with Crippen molar-refractivity contribution < 1.29 is 14.4 Å². The fourth-order valence-corrected chi connectivity index (χ4v) is 1.84. The first kappa shape index (κ1) is 12.5. The second-order valence-corrected chi connectivity index (χ2v) is 4.61. The van der Waals surface area contributed by atoms with Crippen molar-refractivity contribution >= 4 is 0 Å². The number of nitrogens with zero attached hydrogens (tertiary/aromatic N) is 3. The van der Waals surface area contributed by atoms with E-state index in [9.17, 15) is 5.11 Å². The first-order valence-corrected chi connectivity index (χ1v) is 5.95. The zero-order valence-corrected chi connectivity index (χ0v) is 10.5. The van der Waals surface area contributed by atoms with E-state index in [4.69, 9.17) is 9.26 Å². The van der Waals surface area contributed by atoms with Crippen LogP contribution >= 0.6 is 0 Å². The molecule has 1 aliphatic rings. The second-order valence-electron chi connectivity index (χ2n) is 4.61. The summed E-state index contributed by atoms with van der Waals surface area (Å²) in [6.07, 6.45) is -0.900. The van der Waals surface area contributed by atoms with Crippen molar-refractivity contribution in [2.45, 2.75) is 39.0 Å². The van der Waals surface area contributed by atoms with Crippen molar-refractivity contribution in [1.82, 2.24) is 15.0 Å². The van der Waals surface area contributed by atoms with Crippen LogP contribution in [0.25, 0.3) is 0 Å². The Morgan fingerprint density at radius 1 is 1.41 bits per heavy atom. The van der Waals surface area contributed by atoms with Gasteiger partial charge in [-0.3, -0.25) is 4.90 Å². The van der Waals surface area contributed by atoms with Crippen LogP contribution in [0.15, 0.2) is 4.52 Å². The molecular weight excluding hydrogens is 222 g/mol. The van der Waals surface area contributed by atoms with Crippen LogP contribution in [0, 0.1) is 0 Å². The lowest BCUT2D eigenvalue weighted by Gasteiger charge is -2.34. The van der Waals surface area contributed by atoms with Gasteiger partial charge in [-0.25, -0.2) is 0 Å². The normalized spacial score (nSPS) is 24.2. The Labute approximate surface area is 101 Å². The largest absolute Gasteiger partial charge is 0.384 e. The molecule has 0 radical (unpaired) electrons. The van der Waals surface area contributed by atoms with Crippen LogP contribution in [-0.4, -0.2) is 45.9 Å². The summed E-state index contributed by atoms with van der Waals surface area (Å²) in [5.41, 5.74) is 0. The third-order valence-electron chi connectivity index (χ3n) is 2.93. The minimum absolute atomic E-state index is 0.164. The van der Waals surface area contributed by atoms with Crippen molar-refractivity contribution in [1.29, 1.82) is 0 Å². The molecule has 0 bridgehead atoms. The molecule has 0 amide bonds. The monoisotopic (exact) mass is 241 g/mol. The molecule has 2 rings (SSSR count). The zero-order valence-electron chi connectivity index (χ0n) is 10.5. The topological polar surface area (TPSA) is 71.6 Å². The third-order valence-corrected chi connectivity index (χ3v) is 2.93. The van der Waals surface area contributed by atoms with Crippen LogP contribution in [0.1, 0.15) is 44.7 Å². The first-order chi connectivity index (χ1) is 8.08. The summed E-state index contributed by atoms with van der Waals surface area (Å²) < 4.78 is 10.6. The smallest absolute Gasteiger partial charge is 0.255 e. The lowest BCUT2D eigenvalue weighted by Crippen LogP contribution is -2.42. The van der Waals surface area contributed by atoms with E-state index in [1.165, 1.54) is 0 Å². The summed E-state index contributed by atoms with van der Waals surface area (Å²) in [5, 5.41) is 13.2. The number of rotatable bonds is 3. The van der Waals surface area contributed by atoms with Crippen LogP contribution in [0.3, 0.4) is 0 Å². The Hall–Kier alpha value is -0.980. The van der Waals surface area contributed by atoms with E-state index in [0.29, 0.717) is 18.5 Å². The van der Waals surface area contributed by atoms with Crippen molar-refractivity contribution in [2.75, 3.05) is 19.7 Å². The highest BCUT2D eigenvalue weighted by Crippen LogP contribution is 2.22. The van der Waals surface area contributed by atoms with Gasteiger partial charge in [0.25, 0.3) is 5.89 Å². The number of hydrogen-bond acceptors (Lipinski definition) is 6. The number of aliphatic hydroxyl groups excluding tert-OH is 1. The first-order valence-electron chi connectivity index (χ1n) is 5.95. The van der Waals surface area contributed by atoms with Gasteiger partial charge in [0.2, 0.25) is 5.82 Å². The molecule has 0 aliphatic carbocycles. The number of aromatic nitrogens is 2. The average Bonchev–Trinajstić information content (AvgIpc) is 2.78. The van der Waals surface area contributed by atoms with Gasteiger partial charge in [0.05, 0.1) is 6.61 Å². The number of morpholine rings is 1. The molecule has 0 aromatic carbocycles. The molecule has 6 nitrogen and oxygen atoms in total. The van der Waals surface area contributed by atoms with E-state index < -0.39 is 6.10 Å². The van der Waals surface area contributed by atoms with Crippen molar-refractivity contribution in [3.05, 3.63) is 11.7 Å². The molecule has 2 atom stereocenters. The van der Waals surface area contributed by atoms with Gasteiger partial charge in [-0.15, -0.1) is 0 Å². The highest BCUT2D eigenvalue weighted by Gasteiger charge is 2.27. The molecule has 0 saturated carbocycles. The lowest BCUT2D eigenvalue weighted by atomic mass is 10.2. The predicted molar refractivity (Wildman–Crippen MR) is 60.3 cm³/mol. The lowest BCUT2D eigenvalue weighted by molar-refractivity contribution is -0.0450. The molecule has 17 heavy (non-hydrogen) atoms. The van der Waals surface area contributed by atoms with E-state index in [-0.39, 0.29) is 12.0 Å². The average molecular weight is 241 g/mol. The summed E-state index contributed by atoms with van der Waals surface area (Å²) in [6, 6.07) is 0.476. The predicted octanol–water partition coefficient (Wildman–Crippen LogP) is 0.905. The van der Waals surface area contributed by atoms with Crippen LogP contribution < -0.4 is 0 Å². The molecule has 1 aromatic rings. The summed E-state index contributed by atoms with van der Waals surface area (Å²) >= 11 is 0. The quantitative estimate of drug-likeness (QED) is 0.848. The molecule has 1 fully saturated rings. The summed E-state index contributed by atoms with van der Waals surface area (Å²) in [7, 11) is 0. The van der Waals surface area contributed by atoms with E-state index in [1.807, 2.05) is 0 Å². The van der Waals surface area contributed by atoms with Gasteiger partial charge < -0.3 is 14.4 Å². The molecular formula is C11H19N3O3. The minimum atomic E-state index is -0.735. The third kappa shape index (κ3) is 2.83. The highest BCUT2D eigenvalue weighted by molar-refractivity contribution is 4.95. The number of aliphatic hydroxyl groups is 1. The van der Waals surface area contributed by atoms with Gasteiger partial charge in [0.15, 0.2) is 0 Å². The Morgan fingerprint density at radius 3 is 2.76 bits per heavy atom. The fourth-order valence-electron chi connectivity index (χ4n) is 1.84. The van der Waals surface area contributed by atoms with E-state index >= 15 is 0 Å². The van der Waals surface area contributed by atoms with Crippen LogP contribution in [0.5, 0.6) is 0 Å². The molecule has 1 N–H and O–H groups in total. The van der Waals surface area contributed by atoms with Gasteiger partial charge >= 0.3 is 0 Å². The molecule has 1 unspecified atom stereocenters. The van der Waals surface area contributed by atoms with Crippen LogP contribution in [0.2, 0.25) is 0 Å².